The molecule has 0 saturated carbocycles. The summed E-state index contributed by atoms with van der Waals surface area (Å²) in [5.74, 6) is 2.86. The monoisotopic (exact) mass is 202 g/mol. The summed E-state index contributed by atoms with van der Waals surface area (Å²) < 4.78 is 0. The van der Waals surface area contributed by atoms with Gasteiger partial charge in [-0.05, 0) is 12.3 Å². The third-order valence-electron chi connectivity index (χ3n) is 3.60. The van der Waals surface area contributed by atoms with Gasteiger partial charge in [-0.2, -0.15) is 0 Å². The summed E-state index contributed by atoms with van der Waals surface area (Å²) in [6.45, 7) is 5.06. The van der Waals surface area contributed by atoms with Crippen molar-refractivity contribution < 1.29 is 4.79 Å². The summed E-state index contributed by atoms with van der Waals surface area (Å²) in [5, 5.41) is 9.03. The number of fused-ring (bicyclic) bond motifs is 1. The van der Waals surface area contributed by atoms with Gasteiger partial charge >= 0.3 is 0 Å². The number of nitriles is 1. The molecule has 0 aliphatic carbocycles. The van der Waals surface area contributed by atoms with E-state index in [1.807, 2.05) is 4.90 Å². The van der Waals surface area contributed by atoms with Crippen LogP contribution in [-0.4, -0.2) is 30.6 Å². The molecule has 2 rings (SSSR count). The molecule has 0 aromatic rings. The molecule has 0 aromatic heterocycles. The summed E-state index contributed by atoms with van der Waals surface area (Å²) in [4.78, 5) is 13.9. The molecule has 2 fully saturated rings. The Morgan fingerprint density at radius 1 is 1.73 bits per heavy atom. The largest absolute Gasteiger partial charge is 0.339 e. The molecule has 78 valence electrons. The third kappa shape index (κ3) is 1.67. The second kappa shape index (κ2) is 4.10. The van der Waals surface area contributed by atoms with Gasteiger partial charge in [0.05, 0.1) is 0 Å². The van der Waals surface area contributed by atoms with Gasteiger partial charge < -0.3 is 4.90 Å². The summed E-state index contributed by atoms with van der Waals surface area (Å²) in [6.07, 6.45) is 4.85. The molecule has 2 aliphatic heterocycles. The molecule has 4 heteroatoms. The van der Waals surface area contributed by atoms with Crippen LogP contribution in [0, 0.1) is 17.1 Å². The zero-order chi connectivity index (χ0) is 10.8. The van der Waals surface area contributed by atoms with E-state index in [9.17, 15) is 4.79 Å². The Balaban J connectivity index is 2.15. The normalized spacial score (nSPS) is 29.9. The van der Waals surface area contributed by atoms with Crippen LogP contribution in [0.3, 0.4) is 0 Å². The van der Waals surface area contributed by atoms with Crippen molar-refractivity contribution in [1.82, 2.24) is 4.90 Å². The summed E-state index contributed by atoms with van der Waals surface area (Å²) in [6, 6.07) is 0. The van der Waals surface area contributed by atoms with Crippen LogP contribution in [0.25, 0.3) is 0 Å². The first kappa shape index (κ1) is 10.3. The zero-order valence-electron chi connectivity index (χ0n) is 8.85. The first-order valence-electron chi connectivity index (χ1n) is 5.57. The van der Waals surface area contributed by atoms with Crippen molar-refractivity contribution >= 4 is 12.6 Å². The molecular formula is C11H15BN2O. The van der Waals surface area contributed by atoms with Crippen LogP contribution in [0.1, 0.15) is 12.8 Å². The summed E-state index contributed by atoms with van der Waals surface area (Å²) in [7, 11) is 0. The predicted octanol–water partition coefficient (Wildman–Crippen LogP) is 1.35. The van der Waals surface area contributed by atoms with Gasteiger partial charge in [0, 0.05) is 24.9 Å². The summed E-state index contributed by atoms with van der Waals surface area (Å²) in [5.41, 5.74) is 0. The van der Waals surface area contributed by atoms with E-state index in [4.69, 9.17) is 5.26 Å². The Bertz CT molecular complexity index is 323. The van der Waals surface area contributed by atoms with E-state index >= 15 is 0 Å². The SMILES string of the molecule is C=CCN1CC2CCCB(C#N)C2C1=O. The Kier molecular flexibility index (Phi) is 2.81. The van der Waals surface area contributed by atoms with E-state index in [2.05, 4.69) is 12.5 Å². The van der Waals surface area contributed by atoms with Crippen LogP contribution in [0.5, 0.6) is 0 Å². The van der Waals surface area contributed by atoms with Gasteiger partial charge in [0.15, 0.2) is 0 Å². The summed E-state index contributed by atoms with van der Waals surface area (Å²) >= 11 is 0. The second-order valence-electron chi connectivity index (χ2n) is 4.48. The lowest BCUT2D eigenvalue weighted by Gasteiger charge is -2.23. The van der Waals surface area contributed by atoms with Crippen molar-refractivity contribution in [3.05, 3.63) is 12.7 Å². The van der Waals surface area contributed by atoms with E-state index < -0.39 is 0 Å². The van der Waals surface area contributed by atoms with Crippen LogP contribution < -0.4 is 0 Å². The maximum atomic E-state index is 12.0. The highest BCUT2D eigenvalue weighted by Gasteiger charge is 2.48. The van der Waals surface area contributed by atoms with Crippen molar-refractivity contribution in [3.63, 3.8) is 0 Å². The van der Waals surface area contributed by atoms with Gasteiger partial charge in [-0.25, -0.2) is 5.26 Å². The van der Waals surface area contributed by atoms with Crippen LogP contribution >= 0.6 is 0 Å². The van der Waals surface area contributed by atoms with E-state index in [1.54, 1.807) is 6.08 Å². The second-order valence-corrected chi connectivity index (χ2v) is 4.48. The van der Waals surface area contributed by atoms with Crippen molar-refractivity contribution in [2.24, 2.45) is 5.92 Å². The topological polar surface area (TPSA) is 44.1 Å². The van der Waals surface area contributed by atoms with Gasteiger partial charge in [-0.3, -0.25) is 4.79 Å². The number of amides is 1. The standard InChI is InChI=1S/C11H15BN2O/c1-2-6-14-7-9-4-3-5-12(8-13)10(9)11(14)15/h2,9-10H,1,3-7H2. The highest BCUT2D eigenvalue weighted by atomic mass is 16.2. The molecule has 2 aliphatic rings. The van der Waals surface area contributed by atoms with E-state index in [-0.39, 0.29) is 18.4 Å². The Hall–Kier alpha value is -1.24. The molecule has 3 nitrogen and oxygen atoms in total. The fraction of sp³-hybridized carbons (Fsp3) is 0.636. The van der Waals surface area contributed by atoms with Gasteiger partial charge in [-0.15, -0.1) is 6.58 Å². The zero-order valence-corrected chi connectivity index (χ0v) is 8.85. The molecular weight excluding hydrogens is 187 g/mol. The Morgan fingerprint density at radius 3 is 3.20 bits per heavy atom. The van der Waals surface area contributed by atoms with Gasteiger partial charge in [0.1, 0.15) is 0 Å². The first-order chi connectivity index (χ1) is 7.27. The van der Waals surface area contributed by atoms with Gasteiger partial charge in [-0.1, -0.05) is 18.8 Å². The number of hydrogen-bond acceptors (Lipinski definition) is 2. The van der Waals surface area contributed by atoms with Crippen LogP contribution in [0.4, 0.5) is 0 Å². The van der Waals surface area contributed by atoms with Crippen LogP contribution in [0.15, 0.2) is 12.7 Å². The molecule has 0 N–H and O–H groups in total. The molecule has 2 saturated heterocycles. The molecule has 1 amide bonds. The van der Waals surface area contributed by atoms with E-state index in [0.717, 1.165) is 25.7 Å². The first-order valence-corrected chi connectivity index (χ1v) is 5.57. The molecule has 2 unspecified atom stereocenters. The molecule has 15 heavy (non-hydrogen) atoms. The molecule has 0 aromatic carbocycles. The van der Waals surface area contributed by atoms with Crippen LogP contribution in [0.2, 0.25) is 12.1 Å². The lowest BCUT2D eigenvalue weighted by molar-refractivity contribution is -0.127. The molecule has 2 heterocycles. The minimum Gasteiger partial charge on any atom is -0.339 e. The van der Waals surface area contributed by atoms with E-state index in [1.165, 1.54) is 0 Å². The fourth-order valence-corrected chi connectivity index (χ4v) is 2.92. The third-order valence-corrected chi connectivity index (χ3v) is 3.60. The number of rotatable bonds is 2. The highest BCUT2D eigenvalue weighted by Crippen LogP contribution is 2.41. The van der Waals surface area contributed by atoms with Crippen LogP contribution in [-0.2, 0) is 4.79 Å². The van der Waals surface area contributed by atoms with Crippen molar-refractivity contribution in [2.75, 3.05) is 13.1 Å². The van der Waals surface area contributed by atoms with Crippen molar-refractivity contribution in [3.8, 4) is 5.97 Å². The fourth-order valence-electron chi connectivity index (χ4n) is 2.92. The average molecular weight is 202 g/mol. The van der Waals surface area contributed by atoms with Gasteiger partial charge in [0.25, 0.3) is 6.71 Å². The lowest BCUT2D eigenvalue weighted by Crippen LogP contribution is -2.33. The minimum atomic E-state index is -0.0499. The molecule has 0 radical (unpaired) electrons. The number of nitrogens with zero attached hydrogens (tertiary/aromatic N) is 2. The Labute approximate surface area is 90.8 Å². The molecule has 0 bridgehead atoms. The van der Waals surface area contributed by atoms with Crippen molar-refractivity contribution in [2.45, 2.75) is 25.0 Å². The molecule has 2 atom stereocenters. The quantitative estimate of drug-likeness (QED) is 0.501. The average Bonchev–Trinajstić information content (AvgIpc) is 2.57. The van der Waals surface area contributed by atoms with E-state index in [0.29, 0.717) is 12.5 Å². The van der Waals surface area contributed by atoms with Gasteiger partial charge in [0.2, 0.25) is 5.91 Å². The minimum absolute atomic E-state index is 0.0244. The highest BCUT2D eigenvalue weighted by molar-refractivity contribution is 6.72. The maximum absolute atomic E-state index is 12.0. The smallest absolute Gasteiger partial charge is 0.280 e. The number of likely N-dealkylation sites (tertiary alicyclic amines) is 1. The Morgan fingerprint density at radius 2 is 2.53 bits per heavy atom. The number of carbonyl (C=O) groups excluding carboxylic acids is 1. The van der Waals surface area contributed by atoms with Crippen molar-refractivity contribution in [1.29, 1.82) is 5.26 Å². The predicted molar refractivity (Wildman–Crippen MR) is 59.4 cm³/mol. The number of carbonyl (C=O) groups is 1. The number of hydrogen-bond donors (Lipinski definition) is 0. The lowest BCUT2D eigenvalue weighted by atomic mass is 9.35. The molecule has 0 spiro atoms. The maximum Gasteiger partial charge on any atom is 0.280 e.